The lowest BCUT2D eigenvalue weighted by atomic mass is 9.95. The van der Waals surface area contributed by atoms with E-state index in [1.54, 1.807) is 14.2 Å². The SMILES string of the molecule is CNC(c1cc(C)cc(C)c1)c1cc(OC)cc(OC)c1. The minimum Gasteiger partial charge on any atom is -0.497 e. The van der Waals surface area contributed by atoms with Gasteiger partial charge in [0.1, 0.15) is 11.5 Å². The van der Waals surface area contributed by atoms with Crippen LogP contribution in [-0.2, 0) is 0 Å². The van der Waals surface area contributed by atoms with Gasteiger partial charge >= 0.3 is 0 Å². The van der Waals surface area contributed by atoms with Crippen molar-refractivity contribution in [3.05, 3.63) is 58.7 Å². The van der Waals surface area contributed by atoms with Gasteiger partial charge in [-0.15, -0.1) is 0 Å². The monoisotopic (exact) mass is 285 g/mol. The molecular weight excluding hydrogens is 262 g/mol. The van der Waals surface area contributed by atoms with Gasteiger partial charge in [-0.05, 0) is 44.2 Å². The standard InChI is InChI=1S/C18H23NO2/c1-12-6-13(2)8-14(7-12)18(19-3)15-9-16(20-4)11-17(10-15)21-5/h6-11,18-19H,1-5H3. The third kappa shape index (κ3) is 3.56. The fourth-order valence-electron chi connectivity index (χ4n) is 2.70. The summed E-state index contributed by atoms with van der Waals surface area (Å²) in [5.74, 6) is 1.60. The minimum atomic E-state index is 0.104. The van der Waals surface area contributed by atoms with Crippen LogP contribution in [-0.4, -0.2) is 21.3 Å². The molecule has 112 valence electrons. The van der Waals surface area contributed by atoms with Crippen molar-refractivity contribution in [3.63, 3.8) is 0 Å². The molecule has 0 radical (unpaired) electrons. The Morgan fingerprint density at radius 1 is 0.762 bits per heavy atom. The van der Waals surface area contributed by atoms with E-state index in [4.69, 9.17) is 9.47 Å². The first-order chi connectivity index (χ1) is 10.1. The van der Waals surface area contributed by atoms with E-state index in [0.717, 1.165) is 17.1 Å². The normalized spacial score (nSPS) is 12.0. The number of ether oxygens (including phenoxy) is 2. The van der Waals surface area contributed by atoms with Gasteiger partial charge in [-0.1, -0.05) is 29.3 Å². The van der Waals surface area contributed by atoms with Crippen LogP contribution in [0.4, 0.5) is 0 Å². The topological polar surface area (TPSA) is 30.5 Å². The van der Waals surface area contributed by atoms with Crippen LogP contribution in [0.1, 0.15) is 28.3 Å². The summed E-state index contributed by atoms with van der Waals surface area (Å²) in [4.78, 5) is 0. The predicted octanol–water partition coefficient (Wildman–Crippen LogP) is 3.63. The Hall–Kier alpha value is -2.00. The lowest BCUT2D eigenvalue weighted by Crippen LogP contribution is -2.18. The van der Waals surface area contributed by atoms with Crippen LogP contribution in [0.2, 0.25) is 0 Å². The maximum Gasteiger partial charge on any atom is 0.122 e. The number of aryl methyl sites for hydroxylation is 2. The molecule has 0 fully saturated rings. The molecule has 1 atom stereocenters. The van der Waals surface area contributed by atoms with E-state index in [9.17, 15) is 0 Å². The fraction of sp³-hybridized carbons (Fsp3) is 0.333. The van der Waals surface area contributed by atoms with Crippen molar-refractivity contribution in [2.75, 3.05) is 21.3 Å². The van der Waals surface area contributed by atoms with Gasteiger partial charge in [-0.2, -0.15) is 0 Å². The summed E-state index contributed by atoms with van der Waals surface area (Å²) in [6.45, 7) is 4.24. The molecular formula is C18H23NO2. The third-order valence-corrected chi connectivity index (χ3v) is 3.57. The van der Waals surface area contributed by atoms with Crippen LogP contribution in [0.15, 0.2) is 36.4 Å². The molecule has 2 aromatic carbocycles. The number of hydrogen-bond donors (Lipinski definition) is 1. The lowest BCUT2D eigenvalue weighted by molar-refractivity contribution is 0.392. The average molecular weight is 285 g/mol. The maximum atomic E-state index is 5.37. The average Bonchev–Trinajstić information content (AvgIpc) is 2.46. The molecule has 0 aliphatic rings. The van der Waals surface area contributed by atoms with Gasteiger partial charge in [0.15, 0.2) is 0 Å². The van der Waals surface area contributed by atoms with Gasteiger partial charge < -0.3 is 14.8 Å². The molecule has 1 N–H and O–H groups in total. The molecule has 21 heavy (non-hydrogen) atoms. The second-order valence-corrected chi connectivity index (χ2v) is 5.29. The second kappa shape index (κ2) is 6.64. The van der Waals surface area contributed by atoms with E-state index in [1.165, 1.54) is 16.7 Å². The number of benzene rings is 2. The Bertz CT molecular complexity index is 580. The summed E-state index contributed by atoms with van der Waals surface area (Å²) in [6.07, 6.45) is 0. The van der Waals surface area contributed by atoms with Crippen LogP contribution >= 0.6 is 0 Å². The highest BCUT2D eigenvalue weighted by molar-refractivity contribution is 5.44. The number of methoxy groups -OCH3 is 2. The molecule has 0 saturated carbocycles. The lowest BCUT2D eigenvalue weighted by Gasteiger charge is -2.20. The molecule has 0 amide bonds. The zero-order valence-electron chi connectivity index (χ0n) is 13.4. The van der Waals surface area contributed by atoms with E-state index >= 15 is 0 Å². The molecule has 0 aliphatic carbocycles. The molecule has 3 heteroatoms. The van der Waals surface area contributed by atoms with Gasteiger partial charge in [-0.3, -0.25) is 0 Å². The van der Waals surface area contributed by atoms with Crippen molar-refractivity contribution < 1.29 is 9.47 Å². The van der Waals surface area contributed by atoms with E-state index in [2.05, 4.69) is 37.4 Å². The molecule has 0 aromatic heterocycles. The molecule has 2 rings (SSSR count). The predicted molar refractivity (Wildman–Crippen MR) is 86.4 cm³/mol. The molecule has 0 saturated heterocycles. The zero-order valence-corrected chi connectivity index (χ0v) is 13.4. The molecule has 0 aliphatic heterocycles. The summed E-state index contributed by atoms with van der Waals surface area (Å²) >= 11 is 0. The largest absolute Gasteiger partial charge is 0.497 e. The fourth-order valence-corrected chi connectivity index (χ4v) is 2.70. The quantitative estimate of drug-likeness (QED) is 0.910. The first-order valence-electron chi connectivity index (χ1n) is 7.05. The molecule has 3 nitrogen and oxygen atoms in total. The van der Waals surface area contributed by atoms with E-state index in [1.807, 2.05) is 25.2 Å². The smallest absolute Gasteiger partial charge is 0.122 e. The van der Waals surface area contributed by atoms with Crippen molar-refractivity contribution in [2.45, 2.75) is 19.9 Å². The highest BCUT2D eigenvalue weighted by Gasteiger charge is 2.15. The first-order valence-corrected chi connectivity index (χ1v) is 7.05. The Kier molecular flexibility index (Phi) is 4.86. The summed E-state index contributed by atoms with van der Waals surface area (Å²) in [7, 11) is 5.31. The first kappa shape index (κ1) is 15.4. The van der Waals surface area contributed by atoms with Gasteiger partial charge in [0, 0.05) is 6.07 Å². The van der Waals surface area contributed by atoms with Crippen LogP contribution < -0.4 is 14.8 Å². The highest BCUT2D eigenvalue weighted by Crippen LogP contribution is 2.30. The van der Waals surface area contributed by atoms with Crippen molar-refractivity contribution in [1.29, 1.82) is 0 Å². The molecule has 0 bridgehead atoms. The Balaban J connectivity index is 2.49. The van der Waals surface area contributed by atoms with E-state index in [0.29, 0.717) is 0 Å². The van der Waals surface area contributed by atoms with Crippen LogP contribution in [0.3, 0.4) is 0 Å². The van der Waals surface area contributed by atoms with E-state index in [-0.39, 0.29) is 6.04 Å². The Labute approximate surface area is 126 Å². The van der Waals surface area contributed by atoms with Crippen molar-refractivity contribution in [2.24, 2.45) is 0 Å². The zero-order chi connectivity index (χ0) is 15.4. The Morgan fingerprint density at radius 2 is 1.24 bits per heavy atom. The molecule has 2 aromatic rings. The van der Waals surface area contributed by atoms with Gasteiger partial charge in [-0.25, -0.2) is 0 Å². The summed E-state index contributed by atoms with van der Waals surface area (Å²) in [5, 5.41) is 3.38. The van der Waals surface area contributed by atoms with Gasteiger partial charge in [0.25, 0.3) is 0 Å². The number of nitrogens with one attached hydrogen (secondary N) is 1. The highest BCUT2D eigenvalue weighted by atomic mass is 16.5. The Morgan fingerprint density at radius 3 is 1.67 bits per heavy atom. The van der Waals surface area contributed by atoms with Crippen molar-refractivity contribution in [1.82, 2.24) is 5.32 Å². The van der Waals surface area contributed by atoms with Gasteiger partial charge in [0.05, 0.1) is 20.3 Å². The molecule has 0 heterocycles. The van der Waals surface area contributed by atoms with Crippen LogP contribution in [0.25, 0.3) is 0 Å². The third-order valence-electron chi connectivity index (χ3n) is 3.57. The van der Waals surface area contributed by atoms with E-state index < -0.39 is 0 Å². The van der Waals surface area contributed by atoms with Gasteiger partial charge in [0.2, 0.25) is 0 Å². The van der Waals surface area contributed by atoms with Crippen molar-refractivity contribution >= 4 is 0 Å². The maximum absolute atomic E-state index is 5.37. The number of rotatable bonds is 5. The summed E-state index contributed by atoms with van der Waals surface area (Å²) in [5.41, 5.74) is 4.89. The summed E-state index contributed by atoms with van der Waals surface area (Å²) < 4.78 is 10.7. The minimum absolute atomic E-state index is 0.104. The molecule has 1 unspecified atom stereocenters. The number of hydrogen-bond acceptors (Lipinski definition) is 3. The summed E-state index contributed by atoms with van der Waals surface area (Å²) in [6, 6.07) is 12.7. The van der Waals surface area contributed by atoms with Crippen molar-refractivity contribution in [3.8, 4) is 11.5 Å². The second-order valence-electron chi connectivity index (χ2n) is 5.29. The van der Waals surface area contributed by atoms with Crippen LogP contribution in [0, 0.1) is 13.8 Å². The molecule has 0 spiro atoms. The van der Waals surface area contributed by atoms with Crippen LogP contribution in [0.5, 0.6) is 11.5 Å².